The van der Waals surface area contributed by atoms with Gasteiger partial charge in [-0.3, -0.25) is 4.90 Å². The van der Waals surface area contributed by atoms with Crippen molar-refractivity contribution in [2.45, 2.75) is 39.2 Å². The first-order valence-corrected chi connectivity index (χ1v) is 11.8. The fourth-order valence-corrected chi connectivity index (χ4v) is 5.26. The van der Waals surface area contributed by atoms with Gasteiger partial charge in [0.2, 0.25) is 0 Å². The van der Waals surface area contributed by atoms with Gasteiger partial charge in [-0.25, -0.2) is 0 Å². The molecule has 1 saturated heterocycles. The molecule has 0 bridgehead atoms. The number of piperazine rings is 1. The van der Waals surface area contributed by atoms with Gasteiger partial charge in [0.05, 0.1) is 6.61 Å². The topological polar surface area (TPSA) is 15.7 Å². The van der Waals surface area contributed by atoms with Crippen LogP contribution in [0, 0.1) is 11.3 Å². The quantitative estimate of drug-likeness (QED) is 0.596. The maximum absolute atomic E-state index is 6.43. The highest BCUT2D eigenvalue weighted by molar-refractivity contribution is 5.29. The lowest BCUT2D eigenvalue weighted by molar-refractivity contribution is 0.0348. The van der Waals surface area contributed by atoms with Crippen LogP contribution in [0.5, 0.6) is 0 Å². The molecule has 0 amide bonds. The molecule has 4 rings (SSSR count). The van der Waals surface area contributed by atoms with E-state index < -0.39 is 0 Å². The van der Waals surface area contributed by atoms with Gasteiger partial charge in [-0.15, -0.1) is 0 Å². The molecule has 1 heterocycles. The SMILES string of the molecule is CC1CCCC1(C)CN1CCN(CCOC(c2ccccc2)c2ccccc2)CC1. The minimum atomic E-state index is 0.0116. The average Bonchev–Trinajstić information content (AvgIpc) is 3.11. The Kier molecular flexibility index (Phi) is 7.24. The van der Waals surface area contributed by atoms with Crippen molar-refractivity contribution in [2.24, 2.45) is 11.3 Å². The van der Waals surface area contributed by atoms with Crippen LogP contribution >= 0.6 is 0 Å². The highest BCUT2D eigenvalue weighted by Crippen LogP contribution is 2.43. The molecule has 0 aromatic heterocycles. The Morgan fingerprint density at radius 1 is 0.900 bits per heavy atom. The number of nitrogens with zero attached hydrogens (tertiary/aromatic N) is 2. The number of rotatable bonds is 8. The lowest BCUT2D eigenvalue weighted by atomic mass is 9.80. The van der Waals surface area contributed by atoms with Crippen molar-refractivity contribution >= 4 is 0 Å². The van der Waals surface area contributed by atoms with E-state index >= 15 is 0 Å². The molecule has 3 nitrogen and oxygen atoms in total. The van der Waals surface area contributed by atoms with Crippen molar-refractivity contribution in [3.8, 4) is 0 Å². The Morgan fingerprint density at radius 2 is 1.47 bits per heavy atom. The van der Waals surface area contributed by atoms with E-state index in [-0.39, 0.29) is 6.10 Å². The lowest BCUT2D eigenvalue weighted by Crippen LogP contribution is -2.50. The smallest absolute Gasteiger partial charge is 0.108 e. The number of ether oxygens (including phenoxy) is 1. The van der Waals surface area contributed by atoms with E-state index in [1.165, 1.54) is 50.0 Å². The van der Waals surface area contributed by atoms with Crippen molar-refractivity contribution in [3.63, 3.8) is 0 Å². The van der Waals surface area contributed by atoms with Crippen molar-refractivity contribution < 1.29 is 4.74 Å². The molecule has 2 aliphatic rings. The second-order valence-corrected chi connectivity index (χ2v) is 9.64. The summed E-state index contributed by atoms with van der Waals surface area (Å²) in [5.41, 5.74) is 2.99. The van der Waals surface area contributed by atoms with Crippen LogP contribution in [0.15, 0.2) is 60.7 Å². The number of benzene rings is 2. The molecule has 2 atom stereocenters. The minimum Gasteiger partial charge on any atom is -0.367 e. The number of hydrogen-bond donors (Lipinski definition) is 0. The van der Waals surface area contributed by atoms with E-state index in [0.717, 1.165) is 32.2 Å². The zero-order valence-electron chi connectivity index (χ0n) is 18.8. The van der Waals surface area contributed by atoms with Crippen LogP contribution < -0.4 is 0 Å². The third kappa shape index (κ3) is 5.32. The van der Waals surface area contributed by atoms with Crippen molar-refractivity contribution in [1.82, 2.24) is 9.80 Å². The molecular formula is C27H38N2O. The van der Waals surface area contributed by atoms with Crippen molar-refractivity contribution in [1.29, 1.82) is 0 Å². The van der Waals surface area contributed by atoms with Gasteiger partial charge < -0.3 is 9.64 Å². The maximum atomic E-state index is 6.43. The molecule has 0 spiro atoms. The summed E-state index contributed by atoms with van der Waals surface area (Å²) in [5, 5.41) is 0. The fourth-order valence-electron chi connectivity index (χ4n) is 5.26. The molecule has 2 aromatic rings. The predicted octanol–water partition coefficient (Wildman–Crippen LogP) is 5.24. The van der Waals surface area contributed by atoms with Gasteiger partial charge in [-0.1, -0.05) is 87.4 Å². The molecule has 0 N–H and O–H groups in total. The lowest BCUT2D eigenvalue weighted by Gasteiger charge is -2.40. The average molecular weight is 407 g/mol. The fraction of sp³-hybridized carbons (Fsp3) is 0.556. The summed E-state index contributed by atoms with van der Waals surface area (Å²) in [4.78, 5) is 5.28. The van der Waals surface area contributed by atoms with Crippen LogP contribution in [0.4, 0.5) is 0 Å². The second kappa shape index (κ2) is 10.1. The largest absolute Gasteiger partial charge is 0.367 e. The van der Waals surface area contributed by atoms with E-state index in [1.54, 1.807) is 0 Å². The molecule has 3 heteroatoms. The molecule has 2 unspecified atom stereocenters. The van der Waals surface area contributed by atoms with Crippen molar-refractivity contribution in [2.75, 3.05) is 45.9 Å². The Hall–Kier alpha value is -1.68. The van der Waals surface area contributed by atoms with Gasteiger partial charge in [-0.2, -0.15) is 0 Å². The summed E-state index contributed by atoms with van der Waals surface area (Å²) < 4.78 is 6.43. The third-order valence-electron chi connectivity index (χ3n) is 7.52. The maximum Gasteiger partial charge on any atom is 0.108 e. The third-order valence-corrected chi connectivity index (χ3v) is 7.52. The summed E-state index contributed by atoms with van der Waals surface area (Å²) in [6.45, 7) is 12.7. The van der Waals surface area contributed by atoms with E-state index in [0.29, 0.717) is 5.41 Å². The monoisotopic (exact) mass is 406 g/mol. The normalized spacial score (nSPS) is 25.8. The van der Waals surface area contributed by atoms with Crippen LogP contribution in [-0.2, 0) is 4.74 Å². The first-order chi connectivity index (χ1) is 14.6. The zero-order chi connectivity index (χ0) is 20.8. The molecule has 30 heavy (non-hydrogen) atoms. The Morgan fingerprint density at radius 3 is 2.00 bits per heavy atom. The summed E-state index contributed by atoms with van der Waals surface area (Å²) in [7, 11) is 0. The summed E-state index contributed by atoms with van der Waals surface area (Å²) in [6, 6.07) is 21.2. The zero-order valence-corrected chi connectivity index (χ0v) is 18.8. The first kappa shape index (κ1) is 21.5. The Bertz CT molecular complexity index is 717. The Balaban J connectivity index is 1.26. The van der Waals surface area contributed by atoms with Gasteiger partial charge in [0.1, 0.15) is 6.10 Å². The van der Waals surface area contributed by atoms with Gasteiger partial charge in [-0.05, 0) is 28.9 Å². The van der Waals surface area contributed by atoms with Gasteiger partial charge in [0.15, 0.2) is 0 Å². The predicted molar refractivity (Wildman–Crippen MR) is 125 cm³/mol. The molecule has 1 aliphatic carbocycles. The molecular weight excluding hydrogens is 368 g/mol. The summed E-state index contributed by atoms with van der Waals surface area (Å²) in [6.07, 6.45) is 4.25. The van der Waals surface area contributed by atoms with E-state index in [9.17, 15) is 0 Å². The second-order valence-electron chi connectivity index (χ2n) is 9.64. The van der Waals surface area contributed by atoms with Crippen LogP contribution in [-0.4, -0.2) is 55.7 Å². The Labute approximate surface area is 183 Å². The van der Waals surface area contributed by atoms with E-state index in [1.807, 2.05) is 0 Å². The summed E-state index contributed by atoms with van der Waals surface area (Å²) in [5.74, 6) is 0.872. The number of hydrogen-bond acceptors (Lipinski definition) is 3. The minimum absolute atomic E-state index is 0.0116. The molecule has 2 fully saturated rings. The van der Waals surface area contributed by atoms with Gasteiger partial charge >= 0.3 is 0 Å². The molecule has 2 aromatic carbocycles. The molecule has 1 saturated carbocycles. The van der Waals surface area contributed by atoms with Gasteiger partial charge in [0.25, 0.3) is 0 Å². The highest BCUT2D eigenvalue weighted by Gasteiger charge is 2.37. The highest BCUT2D eigenvalue weighted by atomic mass is 16.5. The molecule has 1 aliphatic heterocycles. The van der Waals surface area contributed by atoms with Crippen LogP contribution in [0.25, 0.3) is 0 Å². The van der Waals surface area contributed by atoms with Crippen LogP contribution in [0.2, 0.25) is 0 Å². The molecule has 162 valence electrons. The first-order valence-electron chi connectivity index (χ1n) is 11.8. The van der Waals surface area contributed by atoms with Crippen molar-refractivity contribution in [3.05, 3.63) is 71.8 Å². The standard InChI is InChI=1S/C27H38N2O/c1-23-10-9-15-27(23,2)22-29-18-16-28(17-19-29)20-21-30-26(24-11-5-3-6-12-24)25-13-7-4-8-14-25/h3-8,11-14,23,26H,9-10,15-22H2,1-2H3. The van der Waals surface area contributed by atoms with Gasteiger partial charge in [0, 0.05) is 39.3 Å². The van der Waals surface area contributed by atoms with Crippen LogP contribution in [0.1, 0.15) is 50.3 Å². The van der Waals surface area contributed by atoms with E-state index in [4.69, 9.17) is 4.74 Å². The summed E-state index contributed by atoms with van der Waals surface area (Å²) >= 11 is 0. The van der Waals surface area contributed by atoms with E-state index in [2.05, 4.69) is 84.3 Å². The molecule has 0 radical (unpaired) electrons. The van der Waals surface area contributed by atoms with Crippen LogP contribution in [0.3, 0.4) is 0 Å².